The number of rotatable bonds is 7. The Bertz CT molecular complexity index is 510. The summed E-state index contributed by atoms with van der Waals surface area (Å²) in [6.07, 6.45) is 3.90. The van der Waals surface area contributed by atoms with Gasteiger partial charge < -0.3 is 14.7 Å². The molecule has 23 heavy (non-hydrogen) atoms. The summed E-state index contributed by atoms with van der Waals surface area (Å²) in [6, 6.07) is 0. The van der Waals surface area contributed by atoms with Crippen molar-refractivity contribution in [3.8, 4) is 0 Å². The minimum absolute atomic E-state index is 0.111. The number of hydrogen-bond donors (Lipinski definition) is 2. The van der Waals surface area contributed by atoms with E-state index in [1.165, 1.54) is 0 Å². The molecule has 2 heterocycles. The fourth-order valence-corrected chi connectivity index (χ4v) is 3.48. The van der Waals surface area contributed by atoms with Crippen LogP contribution < -0.4 is 0 Å². The molecule has 6 nitrogen and oxygen atoms in total. The number of amides is 1. The molecule has 0 aliphatic carbocycles. The van der Waals surface area contributed by atoms with Crippen LogP contribution in [0.4, 0.5) is 0 Å². The number of methoxy groups -OCH3 is 1. The smallest absolute Gasteiger partial charge is 0.222 e. The van der Waals surface area contributed by atoms with Crippen molar-refractivity contribution in [1.29, 1.82) is 0 Å². The van der Waals surface area contributed by atoms with Gasteiger partial charge in [0.25, 0.3) is 0 Å². The molecule has 1 aromatic heterocycles. The van der Waals surface area contributed by atoms with E-state index in [1.807, 2.05) is 18.7 Å². The standard InChI is InChI=1S/C17H29N3O3/c1-13-15(14(2)19-18-13)5-6-16(22)20-9-4-7-17(11-20,12-21)8-10-23-3/h21H,4-12H2,1-3H3,(H,18,19)/t17-/m1/s1. The van der Waals surface area contributed by atoms with Crippen molar-refractivity contribution in [3.05, 3.63) is 17.0 Å². The molecular weight excluding hydrogens is 294 g/mol. The highest BCUT2D eigenvalue weighted by molar-refractivity contribution is 5.76. The summed E-state index contributed by atoms with van der Waals surface area (Å²) >= 11 is 0. The zero-order valence-electron chi connectivity index (χ0n) is 14.5. The highest BCUT2D eigenvalue weighted by Crippen LogP contribution is 2.33. The maximum atomic E-state index is 12.6. The van der Waals surface area contributed by atoms with E-state index in [9.17, 15) is 9.90 Å². The van der Waals surface area contributed by atoms with Crippen LogP contribution in [0, 0.1) is 19.3 Å². The van der Waals surface area contributed by atoms with E-state index in [2.05, 4.69) is 10.2 Å². The molecule has 1 saturated heterocycles. The molecular formula is C17H29N3O3. The van der Waals surface area contributed by atoms with Crippen molar-refractivity contribution >= 4 is 5.91 Å². The number of aromatic amines is 1. The van der Waals surface area contributed by atoms with E-state index in [-0.39, 0.29) is 17.9 Å². The van der Waals surface area contributed by atoms with Gasteiger partial charge in [0.15, 0.2) is 0 Å². The molecule has 2 rings (SSSR count). The molecule has 1 aromatic rings. The first-order valence-corrected chi connectivity index (χ1v) is 8.39. The number of aliphatic hydroxyl groups is 1. The van der Waals surface area contributed by atoms with Gasteiger partial charge in [0, 0.05) is 44.3 Å². The predicted molar refractivity (Wildman–Crippen MR) is 88.2 cm³/mol. The van der Waals surface area contributed by atoms with Crippen LogP contribution >= 0.6 is 0 Å². The summed E-state index contributed by atoms with van der Waals surface area (Å²) in [6.45, 7) is 6.11. The number of aliphatic hydroxyl groups excluding tert-OH is 1. The Morgan fingerprint density at radius 1 is 1.48 bits per heavy atom. The van der Waals surface area contributed by atoms with Crippen LogP contribution in [0.25, 0.3) is 0 Å². The second-order valence-corrected chi connectivity index (χ2v) is 6.73. The average molecular weight is 323 g/mol. The minimum Gasteiger partial charge on any atom is -0.396 e. The van der Waals surface area contributed by atoms with Gasteiger partial charge >= 0.3 is 0 Å². The first kappa shape index (κ1) is 17.9. The Labute approximate surface area is 138 Å². The fraction of sp³-hybridized carbons (Fsp3) is 0.765. The van der Waals surface area contributed by atoms with Gasteiger partial charge in [-0.05, 0) is 45.1 Å². The van der Waals surface area contributed by atoms with E-state index in [1.54, 1.807) is 7.11 Å². The zero-order chi connectivity index (χ0) is 16.9. The third kappa shape index (κ3) is 4.32. The van der Waals surface area contributed by atoms with Crippen molar-refractivity contribution in [1.82, 2.24) is 15.1 Å². The Balaban J connectivity index is 1.93. The van der Waals surface area contributed by atoms with E-state index in [4.69, 9.17) is 4.74 Å². The fourth-order valence-electron chi connectivity index (χ4n) is 3.48. The van der Waals surface area contributed by atoms with Crippen molar-refractivity contribution in [2.24, 2.45) is 5.41 Å². The molecule has 130 valence electrons. The maximum Gasteiger partial charge on any atom is 0.222 e. The summed E-state index contributed by atoms with van der Waals surface area (Å²) in [5, 5.41) is 17.0. The number of aryl methyl sites for hydroxylation is 2. The van der Waals surface area contributed by atoms with Gasteiger partial charge in [-0.3, -0.25) is 9.89 Å². The number of aromatic nitrogens is 2. The summed E-state index contributed by atoms with van der Waals surface area (Å²) < 4.78 is 5.16. The zero-order valence-corrected chi connectivity index (χ0v) is 14.5. The number of H-pyrrole nitrogens is 1. The van der Waals surface area contributed by atoms with Gasteiger partial charge in [0.1, 0.15) is 0 Å². The number of nitrogens with zero attached hydrogens (tertiary/aromatic N) is 2. The molecule has 0 bridgehead atoms. The first-order chi connectivity index (χ1) is 11.0. The van der Waals surface area contributed by atoms with Crippen LogP contribution in [-0.4, -0.2) is 59.5 Å². The lowest BCUT2D eigenvalue weighted by Gasteiger charge is -2.42. The molecule has 0 saturated carbocycles. The maximum absolute atomic E-state index is 12.6. The van der Waals surface area contributed by atoms with E-state index in [0.717, 1.165) is 42.8 Å². The summed E-state index contributed by atoms with van der Waals surface area (Å²) in [7, 11) is 1.67. The lowest BCUT2D eigenvalue weighted by Crippen LogP contribution is -2.48. The molecule has 0 spiro atoms. The van der Waals surface area contributed by atoms with Crippen LogP contribution in [0.2, 0.25) is 0 Å². The quantitative estimate of drug-likeness (QED) is 0.799. The highest BCUT2D eigenvalue weighted by atomic mass is 16.5. The monoisotopic (exact) mass is 323 g/mol. The van der Waals surface area contributed by atoms with Crippen molar-refractivity contribution in [3.63, 3.8) is 0 Å². The van der Waals surface area contributed by atoms with Crippen molar-refractivity contribution in [2.45, 2.75) is 46.0 Å². The van der Waals surface area contributed by atoms with Gasteiger partial charge in [-0.15, -0.1) is 0 Å². The number of hydrogen-bond acceptors (Lipinski definition) is 4. The van der Waals surface area contributed by atoms with E-state index in [0.29, 0.717) is 26.0 Å². The third-order valence-corrected chi connectivity index (χ3v) is 5.06. The summed E-state index contributed by atoms with van der Waals surface area (Å²) in [4.78, 5) is 14.5. The Hall–Kier alpha value is -1.40. The molecule has 0 radical (unpaired) electrons. The second-order valence-electron chi connectivity index (χ2n) is 6.73. The Morgan fingerprint density at radius 3 is 2.87 bits per heavy atom. The van der Waals surface area contributed by atoms with Gasteiger partial charge in [-0.2, -0.15) is 5.10 Å². The normalized spacial score (nSPS) is 21.7. The number of carbonyl (C=O) groups excluding carboxylic acids is 1. The first-order valence-electron chi connectivity index (χ1n) is 8.39. The molecule has 1 atom stereocenters. The van der Waals surface area contributed by atoms with Gasteiger partial charge in [-0.25, -0.2) is 0 Å². The SMILES string of the molecule is COCC[C@]1(CO)CCCN(C(=O)CCc2c(C)n[nH]c2C)C1. The molecule has 1 aliphatic rings. The Kier molecular flexibility index (Phi) is 6.18. The number of likely N-dealkylation sites (tertiary alicyclic amines) is 1. The number of carbonyl (C=O) groups is 1. The molecule has 6 heteroatoms. The molecule has 2 N–H and O–H groups in total. The van der Waals surface area contributed by atoms with Crippen LogP contribution in [0.15, 0.2) is 0 Å². The molecule has 0 aromatic carbocycles. The molecule has 1 amide bonds. The molecule has 0 unspecified atom stereocenters. The number of ether oxygens (including phenoxy) is 1. The largest absolute Gasteiger partial charge is 0.396 e. The topological polar surface area (TPSA) is 78.5 Å². The average Bonchev–Trinajstić information content (AvgIpc) is 2.89. The third-order valence-electron chi connectivity index (χ3n) is 5.06. The minimum atomic E-state index is -0.203. The van der Waals surface area contributed by atoms with E-state index < -0.39 is 0 Å². The van der Waals surface area contributed by atoms with Crippen LogP contribution in [-0.2, 0) is 16.0 Å². The molecule has 1 aliphatic heterocycles. The van der Waals surface area contributed by atoms with Gasteiger partial charge in [-0.1, -0.05) is 0 Å². The van der Waals surface area contributed by atoms with E-state index >= 15 is 0 Å². The van der Waals surface area contributed by atoms with Crippen molar-refractivity contribution in [2.75, 3.05) is 33.4 Å². The van der Waals surface area contributed by atoms with Crippen molar-refractivity contribution < 1.29 is 14.6 Å². The van der Waals surface area contributed by atoms with Crippen LogP contribution in [0.3, 0.4) is 0 Å². The van der Waals surface area contributed by atoms with Gasteiger partial charge in [0.05, 0.1) is 12.3 Å². The van der Waals surface area contributed by atoms with Crippen LogP contribution in [0.5, 0.6) is 0 Å². The highest BCUT2D eigenvalue weighted by Gasteiger charge is 2.36. The van der Waals surface area contributed by atoms with Gasteiger partial charge in [0.2, 0.25) is 5.91 Å². The second kappa shape index (κ2) is 7.93. The lowest BCUT2D eigenvalue weighted by molar-refractivity contribution is -0.136. The number of piperidine rings is 1. The summed E-state index contributed by atoms with van der Waals surface area (Å²) in [5.74, 6) is 0.167. The Morgan fingerprint density at radius 2 is 2.26 bits per heavy atom. The predicted octanol–water partition coefficient (Wildman–Crippen LogP) is 1.60. The molecule has 1 fully saturated rings. The summed E-state index contributed by atoms with van der Waals surface area (Å²) in [5.41, 5.74) is 2.95. The lowest BCUT2D eigenvalue weighted by atomic mass is 9.78. The van der Waals surface area contributed by atoms with Crippen LogP contribution in [0.1, 0.15) is 42.6 Å². The number of nitrogens with one attached hydrogen (secondary N) is 1.